The maximum atomic E-state index is 13.1. The van der Waals surface area contributed by atoms with Crippen LogP contribution in [-0.2, 0) is 11.3 Å². The standard InChI is InChI=1S/C14H18F2N2O.ClH/c1-18(14(19)11-3-2-6-17-8-11)9-10-4-5-12(15)13(16)7-10;/h4-5,7,11,17H,2-3,6,8-9H2,1H3;1H. The van der Waals surface area contributed by atoms with Gasteiger partial charge in [-0.1, -0.05) is 6.07 Å². The predicted molar refractivity (Wildman–Crippen MR) is 75.7 cm³/mol. The summed E-state index contributed by atoms with van der Waals surface area (Å²) >= 11 is 0. The average molecular weight is 305 g/mol. The van der Waals surface area contributed by atoms with Gasteiger partial charge in [0.25, 0.3) is 0 Å². The summed E-state index contributed by atoms with van der Waals surface area (Å²) < 4.78 is 25.9. The molecule has 0 aromatic heterocycles. The summed E-state index contributed by atoms with van der Waals surface area (Å²) in [6.07, 6.45) is 1.88. The summed E-state index contributed by atoms with van der Waals surface area (Å²) in [6.45, 7) is 1.95. The Hall–Kier alpha value is -1.20. The lowest BCUT2D eigenvalue weighted by Gasteiger charge is -2.27. The van der Waals surface area contributed by atoms with Crippen molar-refractivity contribution in [3.05, 3.63) is 35.4 Å². The first-order valence-corrected chi connectivity index (χ1v) is 6.47. The molecular formula is C14H19ClF2N2O. The number of hydrogen-bond acceptors (Lipinski definition) is 2. The van der Waals surface area contributed by atoms with Crippen molar-refractivity contribution in [2.45, 2.75) is 19.4 Å². The van der Waals surface area contributed by atoms with Crippen LogP contribution in [0.2, 0.25) is 0 Å². The van der Waals surface area contributed by atoms with Crippen LogP contribution in [0.1, 0.15) is 18.4 Å². The first-order chi connectivity index (χ1) is 9.08. The zero-order valence-electron chi connectivity index (χ0n) is 11.4. The highest BCUT2D eigenvalue weighted by Gasteiger charge is 2.23. The van der Waals surface area contributed by atoms with E-state index in [4.69, 9.17) is 0 Å². The van der Waals surface area contributed by atoms with Gasteiger partial charge in [0.15, 0.2) is 11.6 Å². The van der Waals surface area contributed by atoms with Crippen LogP contribution in [0.3, 0.4) is 0 Å². The van der Waals surface area contributed by atoms with Crippen molar-refractivity contribution >= 4 is 18.3 Å². The first-order valence-electron chi connectivity index (χ1n) is 6.47. The molecule has 0 bridgehead atoms. The normalized spacial score (nSPS) is 18.2. The van der Waals surface area contributed by atoms with Gasteiger partial charge in [0, 0.05) is 20.1 Å². The minimum absolute atomic E-state index is 0. The Morgan fingerprint density at radius 3 is 2.75 bits per heavy atom. The fraction of sp³-hybridized carbons (Fsp3) is 0.500. The van der Waals surface area contributed by atoms with Crippen molar-refractivity contribution in [1.29, 1.82) is 0 Å². The van der Waals surface area contributed by atoms with E-state index >= 15 is 0 Å². The van der Waals surface area contributed by atoms with Crippen LogP contribution in [0.15, 0.2) is 18.2 Å². The summed E-state index contributed by atoms with van der Waals surface area (Å²) in [5.74, 6) is -1.70. The van der Waals surface area contributed by atoms with Gasteiger partial charge in [-0.05, 0) is 37.1 Å². The SMILES string of the molecule is CN(Cc1ccc(F)c(F)c1)C(=O)C1CCCNC1.Cl. The maximum absolute atomic E-state index is 13.1. The van der Waals surface area contributed by atoms with Gasteiger partial charge in [-0.2, -0.15) is 0 Å². The largest absolute Gasteiger partial charge is 0.341 e. The zero-order chi connectivity index (χ0) is 13.8. The number of nitrogens with one attached hydrogen (secondary N) is 1. The van der Waals surface area contributed by atoms with Gasteiger partial charge in [0.05, 0.1) is 5.92 Å². The summed E-state index contributed by atoms with van der Waals surface area (Å²) in [4.78, 5) is 13.7. The van der Waals surface area contributed by atoms with Gasteiger partial charge in [-0.3, -0.25) is 4.79 Å². The van der Waals surface area contributed by atoms with Crippen molar-refractivity contribution in [3.63, 3.8) is 0 Å². The molecule has 1 atom stereocenters. The quantitative estimate of drug-likeness (QED) is 0.929. The number of nitrogens with zero attached hydrogens (tertiary/aromatic N) is 1. The van der Waals surface area contributed by atoms with Gasteiger partial charge in [-0.15, -0.1) is 12.4 Å². The molecule has 1 N–H and O–H groups in total. The third kappa shape index (κ3) is 4.15. The smallest absolute Gasteiger partial charge is 0.227 e. The third-order valence-electron chi connectivity index (χ3n) is 3.43. The highest BCUT2D eigenvalue weighted by Crippen LogP contribution is 2.15. The second kappa shape index (κ2) is 7.55. The molecule has 1 saturated heterocycles. The zero-order valence-corrected chi connectivity index (χ0v) is 12.2. The summed E-state index contributed by atoms with van der Waals surface area (Å²) in [5, 5.41) is 3.19. The number of hydrogen-bond donors (Lipinski definition) is 1. The number of rotatable bonds is 3. The second-order valence-electron chi connectivity index (χ2n) is 4.99. The molecule has 20 heavy (non-hydrogen) atoms. The molecule has 1 aromatic carbocycles. The third-order valence-corrected chi connectivity index (χ3v) is 3.43. The van der Waals surface area contributed by atoms with E-state index in [1.54, 1.807) is 11.9 Å². The van der Waals surface area contributed by atoms with Gasteiger partial charge >= 0.3 is 0 Å². The van der Waals surface area contributed by atoms with Crippen LogP contribution in [-0.4, -0.2) is 30.9 Å². The first kappa shape index (κ1) is 16.9. The number of carbonyl (C=O) groups is 1. The van der Waals surface area contributed by atoms with Crippen molar-refractivity contribution in [2.24, 2.45) is 5.92 Å². The summed E-state index contributed by atoms with van der Waals surface area (Å²) in [7, 11) is 1.69. The summed E-state index contributed by atoms with van der Waals surface area (Å²) in [6, 6.07) is 3.73. The average Bonchev–Trinajstić information content (AvgIpc) is 2.43. The van der Waals surface area contributed by atoms with E-state index in [2.05, 4.69) is 5.32 Å². The summed E-state index contributed by atoms with van der Waals surface area (Å²) in [5.41, 5.74) is 0.596. The van der Waals surface area contributed by atoms with Crippen LogP contribution < -0.4 is 5.32 Å². The Morgan fingerprint density at radius 2 is 2.15 bits per heavy atom. The van der Waals surface area contributed by atoms with E-state index in [0.717, 1.165) is 31.5 Å². The molecule has 1 unspecified atom stereocenters. The molecule has 0 spiro atoms. The van der Waals surface area contributed by atoms with Crippen molar-refractivity contribution < 1.29 is 13.6 Å². The number of halogens is 3. The van der Waals surface area contributed by atoms with E-state index in [9.17, 15) is 13.6 Å². The van der Waals surface area contributed by atoms with Crippen molar-refractivity contribution in [1.82, 2.24) is 10.2 Å². The molecule has 1 heterocycles. The van der Waals surface area contributed by atoms with Gasteiger partial charge in [0.1, 0.15) is 0 Å². The predicted octanol–water partition coefficient (Wildman–Crippen LogP) is 2.34. The molecule has 0 saturated carbocycles. The molecule has 1 amide bonds. The van der Waals surface area contributed by atoms with Gasteiger partial charge in [0.2, 0.25) is 5.91 Å². The van der Waals surface area contributed by atoms with Gasteiger partial charge < -0.3 is 10.2 Å². The molecule has 3 nitrogen and oxygen atoms in total. The van der Waals surface area contributed by atoms with Crippen LogP contribution in [0.5, 0.6) is 0 Å². The number of benzene rings is 1. The molecule has 1 fully saturated rings. The van der Waals surface area contributed by atoms with Gasteiger partial charge in [-0.25, -0.2) is 8.78 Å². The molecule has 0 radical (unpaired) electrons. The highest BCUT2D eigenvalue weighted by atomic mass is 35.5. The lowest BCUT2D eigenvalue weighted by molar-refractivity contribution is -0.135. The molecule has 6 heteroatoms. The minimum atomic E-state index is -0.877. The molecule has 2 rings (SSSR count). The monoisotopic (exact) mass is 304 g/mol. The molecule has 1 aliphatic heterocycles. The van der Waals surface area contributed by atoms with E-state index in [0.29, 0.717) is 18.7 Å². The Bertz CT molecular complexity index is 464. The Morgan fingerprint density at radius 1 is 1.40 bits per heavy atom. The maximum Gasteiger partial charge on any atom is 0.227 e. The van der Waals surface area contributed by atoms with Crippen LogP contribution in [0, 0.1) is 17.6 Å². The molecular weight excluding hydrogens is 286 g/mol. The fourth-order valence-electron chi connectivity index (χ4n) is 2.36. The van der Waals surface area contributed by atoms with Crippen molar-refractivity contribution in [3.8, 4) is 0 Å². The topological polar surface area (TPSA) is 32.3 Å². The Labute approximate surface area is 123 Å². The van der Waals surface area contributed by atoms with E-state index in [1.807, 2.05) is 0 Å². The van der Waals surface area contributed by atoms with Crippen molar-refractivity contribution in [2.75, 3.05) is 20.1 Å². The second-order valence-corrected chi connectivity index (χ2v) is 4.99. The van der Waals surface area contributed by atoms with E-state index in [1.165, 1.54) is 6.07 Å². The minimum Gasteiger partial charge on any atom is -0.341 e. The Kier molecular flexibility index (Phi) is 6.36. The Balaban J connectivity index is 0.00000200. The van der Waals surface area contributed by atoms with Crippen LogP contribution in [0.4, 0.5) is 8.78 Å². The lowest BCUT2D eigenvalue weighted by Crippen LogP contribution is -2.41. The molecule has 112 valence electrons. The number of amides is 1. The fourth-order valence-corrected chi connectivity index (χ4v) is 2.36. The number of piperidine rings is 1. The molecule has 1 aliphatic rings. The van der Waals surface area contributed by atoms with Crippen LogP contribution >= 0.6 is 12.4 Å². The molecule has 0 aliphatic carbocycles. The number of carbonyl (C=O) groups excluding carboxylic acids is 1. The van der Waals surface area contributed by atoms with E-state index in [-0.39, 0.29) is 24.2 Å². The highest BCUT2D eigenvalue weighted by molar-refractivity contribution is 5.85. The molecule has 1 aromatic rings. The van der Waals surface area contributed by atoms with E-state index < -0.39 is 11.6 Å². The van der Waals surface area contributed by atoms with Crippen LogP contribution in [0.25, 0.3) is 0 Å². The lowest BCUT2D eigenvalue weighted by atomic mass is 9.98.